The summed E-state index contributed by atoms with van der Waals surface area (Å²) in [5.41, 5.74) is 7.19. The van der Waals surface area contributed by atoms with Crippen LogP contribution in [0.1, 0.15) is 21.7 Å². The molecular formula is C13H17N5O. The topological polar surface area (TPSA) is 85.8 Å². The molecule has 0 aliphatic heterocycles. The maximum Gasteiger partial charge on any atom is 0.251 e. The summed E-state index contributed by atoms with van der Waals surface area (Å²) in [5, 5.41) is 6.89. The van der Waals surface area contributed by atoms with Gasteiger partial charge in [-0.1, -0.05) is 12.1 Å². The third kappa shape index (κ3) is 3.62. The monoisotopic (exact) mass is 259 g/mol. The summed E-state index contributed by atoms with van der Waals surface area (Å²) >= 11 is 0. The van der Waals surface area contributed by atoms with Crippen LogP contribution >= 0.6 is 0 Å². The van der Waals surface area contributed by atoms with E-state index in [-0.39, 0.29) is 5.91 Å². The van der Waals surface area contributed by atoms with E-state index in [0.717, 1.165) is 12.0 Å². The standard InChI is InChI=1S/C13H17N5O/c1-18-9-16-12(17-18)8-15-13(19)11-4-2-3-10(7-11)5-6-14/h2-4,7,9H,5-6,8,14H2,1H3,(H,15,19). The van der Waals surface area contributed by atoms with Gasteiger partial charge in [-0.05, 0) is 30.7 Å². The molecule has 2 rings (SSSR count). The molecule has 6 nitrogen and oxygen atoms in total. The molecule has 0 radical (unpaired) electrons. The number of nitrogens with zero attached hydrogens (tertiary/aromatic N) is 3. The second kappa shape index (κ2) is 6.10. The second-order valence-electron chi connectivity index (χ2n) is 4.26. The first-order chi connectivity index (χ1) is 9.19. The summed E-state index contributed by atoms with van der Waals surface area (Å²) < 4.78 is 1.60. The number of nitrogens with two attached hydrogens (primary N) is 1. The lowest BCUT2D eigenvalue weighted by atomic mass is 10.1. The molecule has 1 amide bonds. The van der Waals surface area contributed by atoms with Gasteiger partial charge in [-0.15, -0.1) is 0 Å². The SMILES string of the molecule is Cn1cnc(CNC(=O)c2cccc(CCN)c2)n1. The average molecular weight is 259 g/mol. The molecule has 3 N–H and O–H groups in total. The van der Waals surface area contributed by atoms with E-state index in [1.54, 1.807) is 24.1 Å². The molecule has 1 aromatic carbocycles. The maximum absolute atomic E-state index is 12.0. The zero-order chi connectivity index (χ0) is 13.7. The lowest BCUT2D eigenvalue weighted by molar-refractivity contribution is 0.0949. The fraction of sp³-hybridized carbons (Fsp3) is 0.308. The Morgan fingerprint density at radius 3 is 3.00 bits per heavy atom. The van der Waals surface area contributed by atoms with Crippen molar-refractivity contribution in [2.75, 3.05) is 6.54 Å². The van der Waals surface area contributed by atoms with Gasteiger partial charge in [0.2, 0.25) is 0 Å². The van der Waals surface area contributed by atoms with Crippen molar-refractivity contribution in [1.29, 1.82) is 0 Å². The van der Waals surface area contributed by atoms with Crippen LogP contribution in [0.4, 0.5) is 0 Å². The van der Waals surface area contributed by atoms with Crippen molar-refractivity contribution in [2.24, 2.45) is 12.8 Å². The number of carbonyl (C=O) groups is 1. The smallest absolute Gasteiger partial charge is 0.251 e. The van der Waals surface area contributed by atoms with Crippen LogP contribution in [0.25, 0.3) is 0 Å². The van der Waals surface area contributed by atoms with Crippen LogP contribution in [0, 0.1) is 0 Å². The number of benzene rings is 1. The number of hydrogen-bond donors (Lipinski definition) is 2. The fourth-order valence-electron chi connectivity index (χ4n) is 1.76. The van der Waals surface area contributed by atoms with E-state index < -0.39 is 0 Å². The molecule has 0 saturated carbocycles. The average Bonchev–Trinajstić information content (AvgIpc) is 2.82. The largest absolute Gasteiger partial charge is 0.345 e. The Balaban J connectivity index is 1.97. The van der Waals surface area contributed by atoms with Crippen molar-refractivity contribution in [3.8, 4) is 0 Å². The Kier molecular flexibility index (Phi) is 4.25. The van der Waals surface area contributed by atoms with Gasteiger partial charge in [-0.3, -0.25) is 9.48 Å². The van der Waals surface area contributed by atoms with Crippen molar-refractivity contribution in [1.82, 2.24) is 20.1 Å². The van der Waals surface area contributed by atoms with Crippen LogP contribution in [-0.2, 0) is 20.0 Å². The van der Waals surface area contributed by atoms with Crippen molar-refractivity contribution < 1.29 is 4.79 Å². The Labute approximate surface area is 111 Å². The Bertz CT molecular complexity index is 564. The van der Waals surface area contributed by atoms with E-state index in [0.29, 0.717) is 24.5 Å². The van der Waals surface area contributed by atoms with Crippen molar-refractivity contribution in [3.63, 3.8) is 0 Å². The lowest BCUT2D eigenvalue weighted by Gasteiger charge is -2.05. The first-order valence-electron chi connectivity index (χ1n) is 6.11. The summed E-state index contributed by atoms with van der Waals surface area (Å²) in [5.74, 6) is 0.459. The molecule has 100 valence electrons. The molecule has 0 atom stereocenters. The highest BCUT2D eigenvalue weighted by molar-refractivity contribution is 5.94. The molecule has 0 spiro atoms. The minimum absolute atomic E-state index is 0.133. The van der Waals surface area contributed by atoms with Crippen LogP contribution in [0.15, 0.2) is 30.6 Å². The van der Waals surface area contributed by atoms with Crippen LogP contribution in [0.2, 0.25) is 0 Å². The predicted molar refractivity (Wildman–Crippen MR) is 71.4 cm³/mol. The number of aryl methyl sites for hydroxylation is 1. The summed E-state index contributed by atoms with van der Waals surface area (Å²) in [4.78, 5) is 16.0. The molecule has 19 heavy (non-hydrogen) atoms. The third-order valence-electron chi connectivity index (χ3n) is 2.68. The Morgan fingerprint density at radius 1 is 1.47 bits per heavy atom. The van der Waals surface area contributed by atoms with Crippen molar-refractivity contribution in [3.05, 3.63) is 47.5 Å². The van der Waals surface area contributed by atoms with Gasteiger partial charge in [0.05, 0.1) is 6.54 Å². The lowest BCUT2D eigenvalue weighted by Crippen LogP contribution is -2.23. The van der Waals surface area contributed by atoms with Gasteiger partial charge in [-0.25, -0.2) is 4.98 Å². The van der Waals surface area contributed by atoms with Gasteiger partial charge in [-0.2, -0.15) is 5.10 Å². The van der Waals surface area contributed by atoms with Crippen LogP contribution in [0.5, 0.6) is 0 Å². The zero-order valence-corrected chi connectivity index (χ0v) is 10.8. The van der Waals surface area contributed by atoms with Gasteiger partial charge in [0.1, 0.15) is 6.33 Å². The van der Waals surface area contributed by atoms with Crippen LogP contribution in [-0.4, -0.2) is 27.2 Å². The molecular weight excluding hydrogens is 242 g/mol. The van der Waals surface area contributed by atoms with Crippen LogP contribution in [0.3, 0.4) is 0 Å². The number of amides is 1. The zero-order valence-electron chi connectivity index (χ0n) is 10.8. The van der Waals surface area contributed by atoms with Gasteiger partial charge in [0, 0.05) is 12.6 Å². The minimum Gasteiger partial charge on any atom is -0.345 e. The normalized spacial score (nSPS) is 10.4. The van der Waals surface area contributed by atoms with E-state index >= 15 is 0 Å². The summed E-state index contributed by atoms with van der Waals surface area (Å²) in [6.45, 7) is 0.893. The first kappa shape index (κ1) is 13.2. The van der Waals surface area contributed by atoms with E-state index in [2.05, 4.69) is 15.4 Å². The number of aromatic nitrogens is 3. The molecule has 0 fully saturated rings. The number of hydrogen-bond acceptors (Lipinski definition) is 4. The molecule has 1 aromatic heterocycles. The molecule has 2 aromatic rings. The maximum atomic E-state index is 12.0. The second-order valence-corrected chi connectivity index (χ2v) is 4.26. The minimum atomic E-state index is -0.133. The highest BCUT2D eigenvalue weighted by Crippen LogP contribution is 2.06. The Hall–Kier alpha value is -2.21. The van der Waals surface area contributed by atoms with Gasteiger partial charge in [0.15, 0.2) is 5.82 Å². The molecule has 0 aliphatic carbocycles. The van der Waals surface area contributed by atoms with Gasteiger partial charge in [0.25, 0.3) is 5.91 Å². The third-order valence-corrected chi connectivity index (χ3v) is 2.68. The quantitative estimate of drug-likeness (QED) is 0.805. The highest BCUT2D eigenvalue weighted by atomic mass is 16.1. The molecule has 6 heteroatoms. The predicted octanol–water partition coefficient (Wildman–Crippen LogP) is 0.246. The van der Waals surface area contributed by atoms with E-state index in [4.69, 9.17) is 5.73 Å². The highest BCUT2D eigenvalue weighted by Gasteiger charge is 2.07. The summed E-state index contributed by atoms with van der Waals surface area (Å²) in [6.07, 6.45) is 2.37. The fourth-order valence-corrected chi connectivity index (χ4v) is 1.76. The van der Waals surface area contributed by atoms with Gasteiger partial charge < -0.3 is 11.1 Å². The molecule has 0 saturated heterocycles. The van der Waals surface area contributed by atoms with E-state index in [9.17, 15) is 4.79 Å². The van der Waals surface area contributed by atoms with Crippen LogP contribution < -0.4 is 11.1 Å². The number of nitrogens with one attached hydrogen (secondary N) is 1. The van der Waals surface area contributed by atoms with E-state index in [1.807, 2.05) is 18.2 Å². The molecule has 0 bridgehead atoms. The first-order valence-corrected chi connectivity index (χ1v) is 6.11. The Morgan fingerprint density at radius 2 is 2.32 bits per heavy atom. The summed E-state index contributed by atoms with van der Waals surface area (Å²) in [6, 6.07) is 7.46. The number of carbonyl (C=O) groups excluding carboxylic acids is 1. The molecule has 0 unspecified atom stereocenters. The van der Waals surface area contributed by atoms with E-state index in [1.165, 1.54) is 0 Å². The summed E-state index contributed by atoms with van der Waals surface area (Å²) in [7, 11) is 1.79. The molecule has 0 aliphatic rings. The van der Waals surface area contributed by atoms with Gasteiger partial charge >= 0.3 is 0 Å². The van der Waals surface area contributed by atoms with Crippen molar-refractivity contribution in [2.45, 2.75) is 13.0 Å². The van der Waals surface area contributed by atoms with Crippen molar-refractivity contribution >= 4 is 5.91 Å². The molecule has 1 heterocycles. The number of rotatable bonds is 5.